The maximum Gasteiger partial charge on any atom is 0.311 e. The Hall–Kier alpha value is -1.88. The van der Waals surface area contributed by atoms with Crippen LogP contribution in [0.2, 0.25) is 0 Å². The predicted octanol–water partition coefficient (Wildman–Crippen LogP) is 1.48. The Morgan fingerprint density at radius 1 is 0.923 bits per heavy atom. The molecule has 0 aromatic rings. The van der Waals surface area contributed by atoms with Gasteiger partial charge in [0, 0.05) is 35.5 Å². The minimum atomic E-state index is -1.80. The van der Waals surface area contributed by atoms with Crippen LogP contribution < -0.4 is 0 Å². The first kappa shape index (κ1) is 24.9. The van der Waals surface area contributed by atoms with Gasteiger partial charge in [-0.1, -0.05) is 13.8 Å². The van der Waals surface area contributed by atoms with Crippen molar-refractivity contribution in [3.63, 3.8) is 0 Å². The molecule has 0 unspecified atom stereocenters. The van der Waals surface area contributed by atoms with Crippen molar-refractivity contribution in [2.45, 2.75) is 114 Å². The summed E-state index contributed by atoms with van der Waals surface area (Å²) >= 11 is 0. The van der Waals surface area contributed by atoms with Crippen LogP contribution in [0.15, 0.2) is 0 Å². The van der Waals surface area contributed by atoms with E-state index >= 15 is 0 Å². The Morgan fingerprint density at radius 2 is 1.67 bits per heavy atom. The van der Waals surface area contributed by atoms with Crippen molar-refractivity contribution in [2.24, 2.45) is 40.9 Å². The van der Waals surface area contributed by atoms with Gasteiger partial charge >= 0.3 is 11.9 Å². The molecule has 8 fully saturated rings. The number of Topliss-reactive ketones (excluding diaryl/α,β-unsaturated/α-hetero) is 2. The molecule has 3 spiro atoms. The van der Waals surface area contributed by atoms with E-state index in [9.17, 15) is 24.3 Å². The molecule has 2 aliphatic carbocycles. The molecule has 6 heterocycles. The van der Waals surface area contributed by atoms with Crippen molar-refractivity contribution >= 4 is 23.5 Å². The summed E-state index contributed by atoms with van der Waals surface area (Å²) in [5, 5.41) is 11.8. The molecule has 2 bridgehead atoms. The molecule has 14 atom stereocenters. The van der Waals surface area contributed by atoms with Gasteiger partial charge in [-0.2, -0.15) is 0 Å². The number of fused-ring (bicyclic) bond motifs is 2. The topological polar surface area (TPSA) is 135 Å². The van der Waals surface area contributed by atoms with Gasteiger partial charge in [0.25, 0.3) is 0 Å². The molecule has 2 saturated carbocycles. The molecule has 8 rings (SSSR count). The maximum atomic E-state index is 14.8. The van der Waals surface area contributed by atoms with E-state index in [-0.39, 0.29) is 42.7 Å². The SMILES string of the molecule is C[C@@H]1C(=O)O[C@@H]2[C@@H]1O[C@@]13O[C@@]4(CC[C@]5(C)C(=O)[C@H](C)[C@@H]2[C@H]15)C[C@]12OC(=O)C[C@@H]1OC(C)(C)[C@@H]2C[C@@H](O)[C@@H]4C3=O. The van der Waals surface area contributed by atoms with E-state index in [1.807, 2.05) is 27.7 Å². The van der Waals surface area contributed by atoms with E-state index in [1.54, 1.807) is 6.92 Å². The molecule has 10 nitrogen and oxygen atoms in total. The van der Waals surface area contributed by atoms with E-state index in [0.29, 0.717) is 12.8 Å². The fourth-order valence-electron chi connectivity index (χ4n) is 10.8. The summed E-state index contributed by atoms with van der Waals surface area (Å²) < 4.78 is 32.0. The van der Waals surface area contributed by atoms with Gasteiger partial charge in [0.2, 0.25) is 11.6 Å². The number of hydrogen-bond acceptors (Lipinski definition) is 10. The zero-order valence-electron chi connectivity index (χ0n) is 22.9. The van der Waals surface area contributed by atoms with Gasteiger partial charge in [0.05, 0.1) is 35.6 Å². The number of carbonyl (C=O) groups is 4. The number of hydrogen-bond donors (Lipinski definition) is 1. The highest BCUT2D eigenvalue weighted by Gasteiger charge is 2.83. The Bertz CT molecular complexity index is 1240. The van der Waals surface area contributed by atoms with Crippen LogP contribution in [-0.2, 0) is 42.9 Å². The minimum absolute atomic E-state index is 0.0225. The van der Waals surface area contributed by atoms with Gasteiger partial charge in [-0.05, 0) is 40.0 Å². The third-order valence-electron chi connectivity index (χ3n) is 12.3. The molecule has 6 aliphatic heterocycles. The van der Waals surface area contributed by atoms with Gasteiger partial charge < -0.3 is 28.8 Å². The molecule has 0 aromatic heterocycles. The van der Waals surface area contributed by atoms with E-state index in [4.69, 9.17) is 23.7 Å². The lowest BCUT2D eigenvalue weighted by atomic mass is 9.60. The maximum absolute atomic E-state index is 14.8. The van der Waals surface area contributed by atoms with Crippen LogP contribution in [0.1, 0.15) is 66.7 Å². The van der Waals surface area contributed by atoms with Gasteiger partial charge in [-0.15, -0.1) is 0 Å². The molecule has 1 N–H and O–H groups in total. The molecule has 6 saturated heterocycles. The average Bonchev–Trinajstić information content (AvgIpc) is 3.45. The van der Waals surface area contributed by atoms with Crippen LogP contribution >= 0.6 is 0 Å². The molecule has 8 aliphatic rings. The lowest BCUT2D eigenvalue weighted by Crippen LogP contribution is -2.64. The molecule has 0 aromatic carbocycles. The Balaban J connectivity index is 1.32. The zero-order chi connectivity index (χ0) is 27.7. The van der Waals surface area contributed by atoms with Crippen molar-refractivity contribution in [1.82, 2.24) is 0 Å². The third-order valence-corrected chi connectivity index (χ3v) is 12.3. The Labute approximate surface area is 226 Å². The highest BCUT2D eigenvalue weighted by Crippen LogP contribution is 2.71. The van der Waals surface area contributed by atoms with Gasteiger partial charge in [-0.25, -0.2) is 0 Å². The van der Waals surface area contributed by atoms with Crippen LogP contribution in [-0.4, -0.2) is 75.6 Å². The number of carbonyl (C=O) groups excluding carboxylic acids is 4. The molecule has 0 radical (unpaired) electrons. The van der Waals surface area contributed by atoms with Crippen LogP contribution in [0.3, 0.4) is 0 Å². The lowest BCUT2D eigenvalue weighted by molar-refractivity contribution is -0.331. The smallest absolute Gasteiger partial charge is 0.311 e. The van der Waals surface area contributed by atoms with Crippen molar-refractivity contribution in [2.75, 3.05) is 0 Å². The summed E-state index contributed by atoms with van der Waals surface area (Å²) in [7, 11) is 0. The molecule has 10 heteroatoms. The second kappa shape index (κ2) is 6.94. The summed E-state index contributed by atoms with van der Waals surface area (Å²) in [5.74, 6) is -6.35. The number of aliphatic hydroxyl groups excluding tert-OH is 1. The Kier molecular flexibility index (Phi) is 4.43. The lowest BCUT2D eigenvalue weighted by Gasteiger charge is -2.50. The zero-order valence-corrected chi connectivity index (χ0v) is 22.9. The van der Waals surface area contributed by atoms with Gasteiger partial charge in [-0.3, -0.25) is 19.2 Å². The number of aliphatic hydroxyl groups is 1. The molecule has 39 heavy (non-hydrogen) atoms. The van der Waals surface area contributed by atoms with E-state index < -0.39 is 88.0 Å². The van der Waals surface area contributed by atoms with Gasteiger partial charge in [0.15, 0.2) is 0 Å². The summed E-state index contributed by atoms with van der Waals surface area (Å²) in [4.78, 5) is 54.1. The summed E-state index contributed by atoms with van der Waals surface area (Å²) in [6.07, 6.45) is -1.75. The molecular weight excluding hydrogens is 508 g/mol. The standard InChI is InChI=1S/C29H36O10/c1-11-17-20-19(12(2)24(34)35-20)38-29-21(17)26(5,22(11)32)6-7-27(39-29)10-28-14(8-13(30)18(27)23(29)33)25(3,4)36-15(28)9-16(31)37-28/h11-15,17-21,30H,6-10H2,1-5H3/t11-,12+,13-,14+,15+,17+,18-,19-,20+,21+,26+,27+,28-,29-/m1/s1. The fraction of sp³-hybridized carbons (Fsp3) is 0.862. The molecule has 0 amide bonds. The molecular formula is C29H36O10. The first-order chi connectivity index (χ1) is 18.2. The minimum Gasteiger partial charge on any atom is -0.459 e. The quantitative estimate of drug-likeness (QED) is 0.447. The van der Waals surface area contributed by atoms with Crippen molar-refractivity contribution < 1.29 is 48.0 Å². The first-order valence-electron chi connectivity index (χ1n) is 14.5. The number of rotatable bonds is 0. The number of ether oxygens (including phenoxy) is 5. The second-order valence-electron chi connectivity index (χ2n) is 14.4. The third kappa shape index (κ3) is 2.56. The average molecular weight is 545 g/mol. The van der Waals surface area contributed by atoms with Crippen LogP contribution in [0.5, 0.6) is 0 Å². The highest BCUT2D eigenvalue weighted by atomic mass is 16.7. The van der Waals surface area contributed by atoms with Crippen LogP contribution in [0.25, 0.3) is 0 Å². The van der Waals surface area contributed by atoms with E-state index in [2.05, 4.69) is 0 Å². The Morgan fingerprint density at radius 3 is 2.41 bits per heavy atom. The van der Waals surface area contributed by atoms with E-state index in [0.717, 1.165) is 0 Å². The molecule has 212 valence electrons. The highest BCUT2D eigenvalue weighted by molar-refractivity contribution is 5.97. The van der Waals surface area contributed by atoms with Crippen molar-refractivity contribution in [3.05, 3.63) is 0 Å². The van der Waals surface area contributed by atoms with E-state index in [1.165, 1.54) is 0 Å². The largest absolute Gasteiger partial charge is 0.459 e. The first-order valence-corrected chi connectivity index (χ1v) is 14.5. The summed E-state index contributed by atoms with van der Waals surface area (Å²) in [6, 6.07) is 0. The van der Waals surface area contributed by atoms with Crippen LogP contribution in [0.4, 0.5) is 0 Å². The van der Waals surface area contributed by atoms with Crippen molar-refractivity contribution in [3.8, 4) is 0 Å². The fourth-order valence-corrected chi connectivity index (χ4v) is 10.8. The van der Waals surface area contributed by atoms with Crippen molar-refractivity contribution in [1.29, 1.82) is 0 Å². The van der Waals surface area contributed by atoms with Gasteiger partial charge in [0.1, 0.15) is 29.7 Å². The number of ketones is 2. The monoisotopic (exact) mass is 544 g/mol. The summed E-state index contributed by atoms with van der Waals surface area (Å²) in [5.41, 5.74) is -3.91. The summed E-state index contributed by atoms with van der Waals surface area (Å²) in [6.45, 7) is 9.33. The van der Waals surface area contributed by atoms with Crippen LogP contribution in [0, 0.1) is 40.9 Å². The predicted molar refractivity (Wildman–Crippen MR) is 129 cm³/mol. The normalized spacial score (nSPS) is 59.9. The number of esters is 2. The second-order valence-corrected chi connectivity index (χ2v) is 14.4.